The SMILES string of the molecule is CNC(C(=O)NCc1cc(Br)c2c(c1)OCCO2)c1cnn(C)c1.Cl. The van der Waals surface area contributed by atoms with Crippen molar-refractivity contribution in [3.8, 4) is 11.5 Å². The van der Waals surface area contributed by atoms with Crippen molar-refractivity contribution in [2.24, 2.45) is 7.05 Å². The fourth-order valence-electron chi connectivity index (χ4n) is 2.60. The molecule has 1 aliphatic heterocycles. The average Bonchev–Trinajstić information content (AvgIpc) is 3.00. The molecule has 1 unspecified atom stereocenters. The number of hydrogen-bond acceptors (Lipinski definition) is 5. The van der Waals surface area contributed by atoms with Gasteiger partial charge in [-0.3, -0.25) is 9.48 Å². The highest BCUT2D eigenvalue weighted by Gasteiger charge is 2.21. The predicted octanol–water partition coefficient (Wildman–Crippen LogP) is 1.95. The third kappa shape index (κ3) is 4.45. The maximum Gasteiger partial charge on any atom is 0.242 e. The largest absolute Gasteiger partial charge is 0.486 e. The highest BCUT2D eigenvalue weighted by atomic mass is 79.9. The van der Waals surface area contributed by atoms with Gasteiger partial charge in [0.15, 0.2) is 11.5 Å². The molecule has 0 radical (unpaired) electrons. The zero-order valence-corrected chi connectivity index (χ0v) is 16.3. The summed E-state index contributed by atoms with van der Waals surface area (Å²) in [5.41, 5.74) is 1.75. The molecule has 0 aliphatic carbocycles. The van der Waals surface area contributed by atoms with Crippen molar-refractivity contribution in [1.82, 2.24) is 20.4 Å². The molecule has 1 aromatic carbocycles. The fraction of sp³-hybridized carbons (Fsp3) is 0.375. The second-order valence-corrected chi connectivity index (χ2v) is 6.34. The molecular weight excluding hydrogens is 412 g/mol. The Morgan fingerprint density at radius 3 is 2.84 bits per heavy atom. The van der Waals surface area contributed by atoms with E-state index in [0.29, 0.717) is 31.3 Å². The molecule has 0 spiro atoms. The number of aryl methyl sites for hydroxylation is 1. The van der Waals surface area contributed by atoms with Crippen molar-refractivity contribution in [1.29, 1.82) is 0 Å². The molecule has 0 fully saturated rings. The molecule has 2 aromatic rings. The minimum atomic E-state index is -0.445. The van der Waals surface area contributed by atoms with Crippen molar-refractivity contribution >= 4 is 34.2 Å². The molecule has 2 N–H and O–H groups in total. The number of hydrogen-bond donors (Lipinski definition) is 2. The molecule has 1 aliphatic rings. The Morgan fingerprint density at radius 1 is 1.40 bits per heavy atom. The third-order valence-electron chi connectivity index (χ3n) is 3.73. The number of nitrogens with one attached hydrogen (secondary N) is 2. The monoisotopic (exact) mass is 430 g/mol. The summed E-state index contributed by atoms with van der Waals surface area (Å²) < 4.78 is 13.7. The molecule has 25 heavy (non-hydrogen) atoms. The van der Waals surface area contributed by atoms with Gasteiger partial charge in [0.2, 0.25) is 5.91 Å². The topological polar surface area (TPSA) is 77.4 Å². The second kappa shape index (κ2) is 8.55. The van der Waals surface area contributed by atoms with Gasteiger partial charge in [0.25, 0.3) is 0 Å². The number of amides is 1. The van der Waals surface area contributed by atoms with Crippen LogP contribution in [-0.2, 0) is 18.4 Å². The van der Waals surface area contributed by atoms with Crippen LogP contribution in [0.15, 0.2) is 29.0 Å². The van der Waals surface area contributed by atoms with Gasteiger partial charge in [0, 0.05) is 25.4 Å². The highest BCUT2D eigenvalue weighted by molar-refractivity contribution is 9.10. The zero-order chi connectivity index (χ0) is 17.1. The predicted molar refractivity (Wildman–Crippen MR) is 99.2 cm³/mol. The summed E-state index contributed by atoms with van der Waals surface area (Å²) in [4.78, 5) is 12.5. The Morgan fingerprint density at radius 2 is 2.16 bits per heavy atom. The fourth-order valence-corrected chi connectivity index (χ4v) is 3.20. The van der Waals surface area contributed by atoms with Crippen LogP contribution >= 0.6 is 28.3 Å². The van der Waals surface area contributed by atoms with Crippen LogP contribution in [-0.4, -0.2) is 35.9 Å². The number of nitrogens with zero attached hydrogens (tertiary/aromatic N) is 2. The molecule has 9 heteroatoms. The Kier molecular flexibility index (Phi) is 6.69. The minimum absolute atomic E-state index is 0. The van der Waals surface area contributed by atoms with E-state index in [-0.39, 0.29) is 18.3 Å². The summed E-state index contributed by atoms with van der Waals surface area (Å²) in [7, 11) is 3.57. The molecule has 136 valence electrons. The first-order chi connectivity index (χ1) is 11.6. The molecule has 1 atom stereocenters. The molecule has 1 amide bonds. The summed E-state index contributed by atoms with van der Waals surface area (Å²) in [5, 5.41) is 10.1. The van der Waals surface area contributed by atoms with E-state index < -0.39 is 6.04 Å². The molecule has 0 saturated heterocycles. The number of fused-ring (bicyclic) bond motifs is 1. The van der Waals surface area contributed by atoms with E-state index in [1.165, 1.54) is 0 Å². The third-order valence-corrected chi connectivity index (χ3v) is 4.32. The van der Waals surface area contributed by atoms with Crippen LogP contribution in [0.5, 0.6) is 11.5 Å². The number of carbonyl (C=O) groups is 1. The lowest BCUT2D eigenvalue weighted by molar-refractivity contribution is -0.123. The number of carbonyl (C=O) groups excluding carboxylic acids is 1. The number of likely N-dealkylation sites (N-methyl/N-ethyl adjacent to an activating group) is 1. The van der Waals surface area contributed by atoms with Gasteiger partial charge in [-0.2, -0.15) is 5.10 Å². The quantitative estimate of drug-likeness (QED) is 0.757. The van der Waals surface area contributed by atoms with Crippen LogP contribution < -0.4 is 20.1 Å². The number of ether oxygens (including phenoxy) is 2. The number of aromatic nitrogens is 2. The molecule has 1 aromatic heterocycles. The number of benzene rings is 1. The van der Waals surface area contributed by atoms with Gasteiger partial charge >= 0.3 is 0 Å². The van der Waals surface area contributed by atoms with E-state index >= 15 is 0 Å². The first kappa shape index (κ1) is 19.6. The molecule has 2 heterocycles. The van der Waals surface area contributed by atoms with Gasteiger partial charge in [0.1, 0.15) is 19.3 Å². The standard InChI is InChI=1S/C16H19BrN4O3.ClH/c1-18-14(11-8-20-21(2)9-11)16(22)19-7-10-5-12(17)15-13(6-10)23-3-4-24-15;/h5-6,8-9,14,18H,3-4,7H2,1-2H3,(H,19,22);1H. The van der Waals surface area contributed by atoms with Gasteiger partial charge in [-0.15, -0.1) is 12.4 Å². The van der Waals surface area contributed by atoms with E-state index in [0.717, 1.165) is 15.6 Å². The molecule has 3 rings (SSSR count). The second-order valence-electron chi connectivity index (χ2n) is 5.49. The van der Waals surface area contributed by atoms with Gasteiger partial charge in [-0.05, 0) is 40.7 Å². The number of rotatable bonds is 5. The summed E-state index contributed by atoms with van der Waals surface area (Å²) in [6, 6.07) is 3.36. The molecule has 7 nitrogen and oxygen atoms in total. The summed E-state index contributed by atoms with van der Waals surface area (Å²) >= 11 is 3.48. The van der Waals surface area contributed by atoms with Crippen molar-refractivity contribution in [2.45, 2.75) is 12.6 Å². The normalized spacial score (nSPS) is 13.7. The molecule has 0 bridgehead atoms. The molecular formula is C16H20BrClN4O3. The summed E-state index contributed by atoms with van der Waals surface area (Å²) in [6.45, 7) is 1.46. The first-order valence-electron chi connectivity index (χ1n) is 7.60. The van der Waals surface area contributed by atoms with Crippen molar-refractivity contribution in [3.63, 3.8) is 0 Å². The van der Waals surface area contributed by atoms with Crippen LogP contribution in [0.25, 0.3) is 0 Å². The summed E-state index contributed by atoms with van der Waals surface area (Å²) in [5.74, 6) is 1.29. The Hall–Kier alpha value is -1.77. The highest BCUT2D eigenvalue weighted by Crippen LogP contribution is 2.38. The van der Waals surface area contributed by atoms with Crippen LogP contribution in [0.1, 0.15) is 17.2 Å². The lowest BCUT2D eigenvalue weighted by Crippen LogP contribution is -2.35. The Bertz CT molecular complexity index is 753. The van der Waals surface area contributed by atoms with Crippen LogP contribution in [0, 0.1) is 0 Å². The maximum atomic E-state index is 12.5. The Labute approximate surface area is 160 Å². The van der Waals surface area contributed by atoms with Gasteiger partial charge < -0.3 is 20.1 Å². The first-order valence-corrected chi connectivity index (χ1v) is 8.39. The van der Waals surface area contributed by atoms with Crippen LogP contribution in [0.4, 0.5) is 0 Å². The zero-order valence-electron chi connectivity index (χ0n) is 13.9. The smallest absolute Gasteiger partial charge is 0.242 e. The van der Waals surface area contributed by atoms with E-state index in [1.54, 1.807) is 17.9 Å². The van der Waals surface area contributed by atoms with E-state index in [2.05, 4.69) is 31.7 Å². The van der Waals surface area contributed by atoms with Crippen LogP contribution in [0.2, 0.25) is 0 Å². The van der Waals surface area contributed by atoms with Crippen molar-refractivity contribution in [2.75, 3.05) is 20.3 Å². The van der Waals surface area contributed by atoms with Crippen LogP contribution in [0.3, 0.4) is 0 Å². The maximum absolute atomic E-state index is 12.5. The van der Waals surface area contributed by atoms with Gasteiger partial charge in [-0.25, -0.2) is 0 Å². The lowest BCUT2D eigenvalue weighted by Gasteiger charge is -2.21. The lowest BCUT2D eigenvalue weighted by atomic mass is 10.1. The molecule has 0 saturated carbocycles. The van der Waals surface area contributed by atoms with Crippen molar-refractivity contribution in [3.05, 3.63) is 40.1 Å². The minimum Gasteiger partial charge on any atom is -0.486 e. The average molecular weight is 432 g/mol. The summed E-state index contributed by atoms with van der Waals surface area (Å²) in [6.07, 6.45) is 3.50. The van der Waals surface area contributed by atoms with Gasteiger partial charge in [0.05, 0.1) is 10.7 Å². The van der Waals surface area contributed by atoms with Gasteiger partial charge in [-0.1, -0.05) is 0 Å². The van der Waals surface area contributed by atoms with E-state index in [9.17, 15) is 4.79 Å². The van der Waals surface area contributed by atoms with E-state index in [1.807, 2.05) is 25.4 Å². The number of halogens is 2. The van der Waals surface area contributed by atoms with Crippen molar-refractivity contribution < 1.29 is 14.3 Å². The van der Waals surface area contributed by atoms with E-state index in [4.69, 9.17) is 9.47 Å². The Balaban J connectivity index is 0.00000225.